The predicted octanol–water partition coefficient (Wildman–Crippen LogP) is 4.15. The van der Waals surface area contributed by atoms with Crippen LogP contribution in [0.2, 0.25) is 0 Å². The van der Waals surface area contributed by atoms with E-state index in [1.54, 1.807) is 0 Å². The molecule has 0 saturated carbocycles. The summed E-state index contributed by atoms with van der Waals surface area (Å²) in [4.78, 5) is 4.39. The Morgan fingerprint density at radius 2 is 1.55 bits per heavy atom. The van der Waals surface area contributed by atoms with Crippen molar-refractivity contribution in [1.82, 2.24) is 9.80 Å². The number of likely N-dealkylation sites (N-methyl/N-ethyl adjacent to an activating group) is 2. The molecule has 20 heavy (non-hydrogen) atoms. The standard InChI is InChI=1S/C17H18N2.HI/c1-18-12-13-19(2)17(18)11-10-15-8-5-7-14-6-3-4-9-16(14)15;/h3-13,17H,1-2H3;1H. The van der Waals surface area contributed by atoms with Crippen molar-refractivity contribution < 1.29 is 0 Å². The first kappa shape index (κ1) is 14.9. The summed E-state index contributed by atoms with van der Waals surface area (Å²) >= 11 is 0. The van der Waals surface area contributed by atoms with Gasteiger partial charge in [0.25, 0.3) is 0 Å². The molecule has 2 aromatic rings. The minimum absolute atomic E-state index is 0. The van der Waals surface area contributed by atoms with Crippen LogP contribution in [-0.2, 0) is 0 Å². The molecule has 2 nitrogen and oxygen atoms in total. The highest BCUT2D eigenvalue weighted by molar-refractivity contribution is 14.0. The molecule has 3 heteroatoms. The van der Waals surface area contributed by atoms with Crippen LogP contribution in [0.25, 0.3) is 16.8 Å². The van der Waals surface area contributed by atoms with Gasteiger partial charge in [0.1, 0.15) is 6.17 Å². The van der Waals surface area contributed by atoms with E-state index >= 15 is 0 Å². The normalized spacial score (nSPS) is 15.3. The molecule has 104 valence electrons. The fraction of sp³-hybridized carbons (Fsp3) is 0.176. The summed E-state index contributed by atoms with van der Waals surface area (Å²) in [5, 5.41) is 2.59. The molecular weight excluding hydrogens is 359 g/mol. The Labute approximate surface area is 137 Å². The lowest BCUT2D eigenvalue weighted by Gasteiger charge is -2.24. The fourth-order valence-electron chi connectivity index (χ4n) is 2.53. The van der Waals surface area contributed by atoms with Crippen molar-refractivity contribution in [1.29, 1.82) is 0 Å². The van der Waals surface area contributed by atoms with E-state index in [9.17, 15) is 0 Å². The molecule has 0 atom stereocenters. The summed E-state index contributed by atoms with van der Waals surface area (Å²) in [5.41, 5.74) is 1.27. The Hall–Kier alpha value is -1.49. The van der Waals surface area contributed by atoms with Crippen LogP contribution in [0.5, 0.6) is 0 Å². The summed E-state index contributed by atoms with van der Waals surface area (Å²) in [6.07, 6.45) is 8.95. The number of benzene rings is 2. The number of nitrogens with zero attached hydrogens (tertiary/aromatic N) is 2. The molecule has 0 aromatic heterocycles. The second-order valence-electron chi connectivity index (χ2n) is 4.97. The molecule has 0 N–H and O–H groups in total. The molecule has 0 amide bonds. The van der Waals surface area contributed by atoms with E-state index in [1.807, 2.05) is 0 Å². The van der Waals surface area contributed by atoms with Gasteiger partial charge in [-0.05, 0) is 22.4 Å². The Bertz CT molecular complexity index is 631. The first-order valence-corrected chi connectivity index (χ1v) is 6.54. The summed E-state index contributed by atoms with van der Waals surface area (Å²) < 4.78 is 0. The van der Waals surface area contributed by atoms with E-state index in [0.717, 1.165) is 0 Å². The number of halogens is 1. The fourth-order valence-corrected chi connectivity index (χ4v) is 2.53. The van der Waals surface area contributed by atoms with Crippen LogP contribution in [-0.4, -0.2) is 30.1 Å². The van der Waals surface area contributed by atoms with Crippen molar-refractivity contribution in [3.05, 3.63) is 66.5 Å². The van der Waals surface area contributed by atoms with Gasteiger partial charge in [0, 0.05) is 26.5 Å². The van der Waals surface area contributed by atoms with Crippen molar-refractivity contribution in [2.45, 2.75) is 6.17 Å². The maximum Gasteiger partial charge on any atom is 0.120 e. The van der Waals surface area contributed by atoms with Crippen molar-refractivity contribution >= 4 is 40.8 Å². The zero-order valence-corrected chi connectivity index (χ0v) is 14.1. The van der Waals surface area contributed by atoms with E-state index in [1.165, 1.54) is 16.3 Å². The monoisotopic (exact) mass is 378 g/mol. The van der Waals surface area contributed by atoms with Crippen molar-refractivity contribution in [2.75, 3.05) is 14.1 Å². The molecule has 2 aromatic carbocycles. The third-order valence-electron chi connectivity index (χ3n) is 3.64. The first-order chi connectivity index (χ1) is 9.25. The zero-order valence-electron chi connectivity index (χ0n) is 11.7. The minimum atomic E-state index is 0. The highest BCUT2D eigenvalue weighted by Gasteiger charge is 2.16. The average Bonchev–Trinajstić information content (AvgIpc) is 2.76. The van der Waals surface area contributed by atoms with Gasteiger partial charge in [0.15, 0.2) is 0 Å². The topological polar surface area (TPSA) is 6.48 Å². The summed E-state index contributed by atoms with van der Waals surface area (Å²) in [6.45, 7) is 0. The molecule has 0 saturated heterocycles. The van der Waals surface area contributed by atoms with Crippen LogP contribution in [0.15, 0.2) is 60.9 Å². The minimum Gasteiger partial charge on any atom is -0.356 e. The zero-order chi connectivity index (χ0) is 13.2. The first-order valence-electron chi connectivity index (χ1n) is 6.54. The Morgan fingerprint density at radius 3 is 2.30 bits per heavy atom. The maximum absolute atomic E-state index is 2.24. The largest absolute Gasteiger partial charge is 0.356 e. The van der Waals surface area contributed by atoms with Crippen LogP contribution >= 0.6 is 24.0 Å². The molecule has 0 bridgehead atoms. The van der Waals surface area contributed by atoms with Gasteiger partial charge in [-0.2, -0.15) is 0 Å². The number of fused-ring (bicyclic) bond motifs is 1. The number of hydrogen-bond donors (Lipinski definition) is 0. The lowest BCUT2D eigenvalue weighted by Crippen LogP contribution is -2.31. The van der Waals surface area contributed by atoms with Crippen LogP contribution < -0.4 is 0 Å². The smallest absolute Gasteiger partial charge is 0.120 e. The molecule has 1 aliphatic heterocycles. The molecule has 0 radical (unpaired) electrons. The van der Waals surface area contributed by atoms with E-state index in [0.29, 0.717) is 6.17 Å². The second kappa shape index (κ2) is 6.31. The molecule has 3 rings (SSSR count). The van der Waals surface area contributed by atoms with Gasteiger partial charge in [-0.25, -0.2) is 0 Å². The Balaban J connectivity index is 0.00000147. The summed E-state index contributed by atoms with van der Waals surface area (Å²) in [7, 11) is 4.19. The maximum atomic E-state index is 2.24. The highest BCUT2D eigenvalue weighted by atomic mass is 127. The van der Waals surface area contributed by atoms with Gasteiger partial charge in [0.05, 0.1) is 0 Å². The lowest BCUT2D eigenvalue weighted by molar-refractivity contribution is 0.258. The molecule has 0 aliphatic carbocycles. The van der Waals surface area contributed by atoms with E-state index in [-0.39, 0.29) is 24.0 Å². The lowest BCUT2D eigenvalue weighted by atomic mass is 10.0. The predicted molar refractivity (Wildman–Crippen MR) is 96.9 cm³/mol. The molecular formula is C17H19IN2. The third-order valence-corrected chi connectivity index (χ3v) is 3.64. The SMILES string of the molecule is CN1C=CN(C)C1C=Cc1cccc2ccccc12.I. The van der Waals surface area contributed by atoms with E-state index in [2.05, 4.69) is 90.9 Å². The van der Waals surface area contributed by atoms with Crippen molar-refractivity contribution in [3.63, 3.8) is 0 Å². The molecule has 1 heterocycles. The summed E-state index contributed by atoms with van der Waals surface area (Å²) in [5.74, 6) is 0. The number of hydrogen-bond acceptors (Lipinski definition) is 2. The van der Waals surface area contributed by atoms with Gasteiger partial charge in [-0.15, -0.1) is 24.0 Å². The van der Waals surface area contributed by atoms with Gasteiger partial charge < -0.3 is 9.80 Å². The Kier molecular flexibility index (Phi) is 4.70. The van der Waals surface area contributed by atoms with Gasteiger partial charge in [-0.3, -0.25) is 0 Å². The quantitative estimate of drug-likeness (QED) is 0.725. The van der Waals surface area contributed by atoms with E-state index in [4.69, 9.17) is 0 Å². The average molecular weight is 378 g/mol. The molecule has 0 fully saturated rings. The van der Waals surface area contributed by atoms with Crippen LogP contribution in [0, 0.1) is 0 Å². The van der Waals surface area contributed by atoms with Crippen molar-refractivity contribution in [3.8, 4) is 0 Å². The van der Waals surface area contributed by atoms with Crippen LogP contribution in [0.1, 0.15) is 5.56 Å². The molecule has 1 aliphatic rings. The van der Waals surface area contributed by atoms with E-state index < -0.39 is 0 Å². The van der Waals surface area contributed by atoms with Crippen LogP contribution in [0.4, 0.5) is 0 Å². The number of rotatable bonds is 2. The van der Waals surface area contributed by atoms with Crippen LogP contribution in [0.3, 0.4) is 0 Å². The highest BCUT2D eigenvalue weighted by Crippen LogP contribution is 2.21. The van der Waals surface area contributed by atoms with Gasteiger partial charge in [-0.1, -0.05) is 48.5 Å². The third kappa shape index (κ3) is 2.82. The molecule has 0 unspecified atom stereocenters. The second-order valence-corrected chi connectivity index (χ2v) is 4.97. The molecule has 0 spiro atoms. The van der Waals surface area contributed by atoms with Gasteiger partial charge in [0.2, 0.25) is 0 Å². The Morgan fingerprint density at radius 1 is 0.900 bits per heavy atom. The van der Waals surface area contributed by atoms with Crippen molar-refractivity contribution in [2.24, 2.45) is 0 Å². The van der Waals surface area contributed by atoms with Gasteiger partial charge >= 0.3 is 0 Å². The summed E-state index contributed by atoms with van der Waals surface area (Å²) in [6, 6.07) is 14.9.